The standard InChI is InChI=1S/C18H16BrNO2/c1-11-6-7-16-13(8-17(21)22-18(16)12(11)2)10-20-15-5-3-4-14(19)9-15/h3-9,20H,10H2,1-2H3. The van der Waals surface area contributed by atoms with E-state index in [9.17, 15) is 4.79 Å². The van der Waals surface area contributed by atoms with E-state index in [0.29, 0.717) is 12.1 Å². The van der Waals surface area contributed by atoms with Gasteiger partial charge in [-0.1, -0.05) is 34.1 Å². The van der Waals surface area contributed by atoms with Crippen molar-refractivity contribution in [1.29, 1.82) is 0 Å². The number of anilines is 1. The first-order chi connectivity index (χ1) is 10.5. The van der Waals surface area contributed by atoms with E-state index < -0.39 is 0 Å². The Kier molecular flexibility index (Phi) is 4.03. The quantitative estimate of drug-likeness (QED) is 0.685. The molecule has 2 aromatic carbocycles. The first-order valence-electron chi connectivity index (χ1n) is 7.07. The number of benzene rings is 2. The molecule has 0 atom stereocenters. The van der Waals surface area contributed by atoms with Crippen LogP contribution in [0.5, 0.6) is 0 Å². The molecule has 1 heterocycles. The second kappa shape index (κ2) is 5.97. The highest BCUT2D eigenvalue weighted by molar-refractivity contribution is 9.10. The Hall–Kier alpha value is -2.07. The zero-order valence-electron chi connectivity index (χ0n) is 12.4. The maximum absolute atomic E-state index is 11.8. The number of hydrogen-bond donors (Lipinski definition) is 1. The topological polar surface area (TPSA) is 42.2 Å². The van der Waals surface area contributed by atoms with Crippen LogP contribution in [0.1, 0.15) is 16.7 Å². The molecule has 3 nitrogen and oxygen atoms in total. The molecule has 0 amide bonds. The highest BCUT2D eigenvalue weighted by Gasteiger charge is 2.09. The first-order valence-corrected chi connectivity index (χ1v) is 7.86. The Morgan fingerprint density at radius 1 is 1.14 bits per heavy atom. The zero-order chi connectivity index (χ0) is 15.7. The third kappa shape index (κ3) is 2.92. The summed E-state index contributed by atoms with van der Waals surface area (Å²) in [6.45, 7) is 4.56. The zero-order valence-corrected chi connectivity index (χ0v) is 14.0. The van der Waals surface area contributed by atoms with Gasteiger partial charge in [0.15, 0.2) is 0 Å². The smallest absolute Gasteiger partial charge is 0.336 e. The third-order valence-electron chi connectivity index (χ3n) is 3.82. The molecule has 0 saturated carbocycles. The van der Waals surface area contributed by atoms with Crippen LogP contribution in [0.4, 0.5) is 5.69 Å². The van der Waals surface area contributed by atoms with E-state index in [1.807, 2.05) is 44.2 Å². The van der Waals surface area contributed by atoms with Gasteiger partial charge in [0.25, 0.3) is 0 Å². The molecule has 1 N–H and O–H groups in total. The number of rotatable bonds is 3. The van der Waals surface area contributed by atoms with Gasteiger partial charge in [0, 0.05) is 28.2 Å². The number of fused-ring (bicyclic) bond motifs is 1. The Bertz CT molecular complexity index is 899. The molecule has 0 aliphatic rings. The molecule has 112 valence electrons. The monoisotopic (exact) mass is 357 g/mol. The average molecular weight is 358 g/mol. The second-order valence-electron chi connectivity index (χ2n) is 5.34. The van der Waals surface area contributed by atoms with Crippen molar-refractivity contribution in [3.05, 3.63) is 74.0 Å². The van der Waals surface area contributed by atoms with E-state index in [-0.39, 0.29) is 5.63 Å². The van der Waals surface area contributed by atoms with Crippen molar-refractivity contribution in [2.45, 2.75) is 20.4 Å². The Morgan fingerprint density at radius 2 is 1.95 bits per heavy atom. The molecule has 0 aliphatic carbocycles. The molecule has 4 heteroatoms. The van der Waals surface area contributed by atoms with Crippen molar-refractivity contribution in [3.63, 3.8) is 0 Å². The number of nitrogens with one attached hydrogen (secondary N) is 1. The molecular weight excluding hydrogens is 342 g/mol. The minimum Gasteiger partial charge on any atom is -0.422 e. The summed E-state index contributed by atoms with van der Waals surface area (Å²) in [6, 6.07) is 13.6. The Morgan fingerprint density at radius 3 is 2.73 bits per heavy atom. The first kappa shape index (κ1) is 14.9. The lowest BCUT2D eigenvalue weighted by Crippen LogP contribution is -2.06. The van der Waals surface area contributed by atoms with Gasteiger partial charge in [-0.3, -0.25) is 0 Å². The van der Waals surface area contributed by atoms with Gasteiger partial charge < -0.3 is 9.73 Å². The third-order valence-corrected chi connectivity index (χ3v) is 4.32. The van der Waals surface area contributed by atoms with Crippen LogP contribution in [0.2, 0.25) is 0 Å². The van der Waals surface area contributed by atoms with Crippen LogP contribution in [0.25, 0.3) is 11.0 Å². The van der Waals surface area contributed by atoms with Crippen LogP contribution >= 0.6 is 15.9 Å². The van der Waals surface area contributed by atoms with E-state index in [2.05, 4.69) is 27.3 Å². The van der Waals surface area contributed by atoms with E-state index in [1.165, 1.54) is 0 Å². The highest BCUT2D eigenvalue weighted by atomic mass is 79.9. The van der Waals surface area contributed by atoms with Crippen LogP contribution in [-0.4, -0.2) is 0 Å². The number of halogens is 1. The van der Waals surface area contributed by atoms with E-state index in [0.717, 1.165) is 32.2 Å². The predicted octanol–water partition coefficient (Wildman–Crippen LogP) is 4.78. The molecule has 3 aromatic rings. The normalized spacial score (nSPS) is 10.9. The molecule has 0 spiro atoms. The van der Waals surface area contributed by atoms with Crippen molar-refractivity contribution in [1.82, 2.24) is 0 Å². The van der Waals surface area contributed by atoms with Crippen molar-refractivity contribution >= 4 is 32.6 Å². The average Bonchev–Trinajstić information content (AvgIpc) is 2.49. The van der Waals surface area contributed by atoms with Gasteiger partial charge in [-0.05, 0) is 48.7 Å². The molecule has 0 bridgehead atoms. The largest absolute Gasteiger partial charge is 0.422 e. The van der Waals surface area contributed by atoms with Gasteiger partial charge in [-0.15, -0.1) is 0 Å². The van der Waals surface area contributed by atoms with E-state index in [4.69, 9.17) is 4.42 Å². The van der Waals surface area contributed by atoms with Crippen LogP contribution in [-0.2, 0) is 6.54 Å². The maximum atomic E-state index is 11.8. The molecule has 0 unspecified atom stereocenters. The SMILES string of the molecule is Cc1ccc2c(CNc3cccc(Br)c3)cc(=O)oc2c1C. The summed E-state index contributed by atoms with van der Waals surface area (Å²) in [4.78, 5) is 11.8. The van der Waals surface area contributed by atoms with Crippen LogP contribution < -0.4 is 10.9 Å². The molecule has 3 rings (SSSR count). The summed E-state index contributed by atoms with van der Waals surface area (Å²) < 4.78 is 6.41. The second-order valence-corrected chi connectivity index (χ2v) is 6.25. The van der Waals surface area contributed by atoms with Gasteiger partial charge in [0.2, 0.25) is 0 Å². The fourth-order valence-corrected chi connectivity index (χ4v) is 2.87. The molecule has 0 saturated heterocycles. The molecule has 22 heavy (non-hydrogen) atoms. The van der Waals surface area contributed by atoms with Crippen LogP contribution in [0.15, 0.2) is 56.1 Å². The van der Waals surface area contributed by atoms with Crippen molar-refractivity contribution in [2.24, 2.45) is 0 Å². The van der Waals surface area contributed by atoms with Crippen molar-refractivity contribution in [2.75, 3.05) is 5.32 Å². The minimum atomic E-state index is -0.313. The van der Waals surface area contributed by atoms with Gasteiger partial charge in [0.05, 0.1) is 0 Å². The number of aryl methyl sites for hydroxylation is 2. The van der Waals surface area contributed by atoms with Gasteiger partial charge in [0.1, 0.15) is 5.58 Å². The fraction of sp³-hybridized carbons (Fsp3) is 0.167. The summed E-state index contributed by atoms with van der Waals surface area (Å²) in [5, 5.41) is 4.32. The summed E-state index contributed by atoms with van der Waals surface area (Å²) in [5.41, 5.74) is 4.44. The molecule has 0 aliphatic heterocycles. The lowest BCUT2D eigenvalue weighted by Gasteiger charge is -2.11. The van der Waals surface area contributed by atoms with Gasteiger partial charge in [-0.25, -0.2) is 4.79 Å². The molecule has 0 radical (unpaired) electrons. The summed E-state index contributed by atoms with van der Waals surface area (Å²) in [7, 11) is 0. The Labute approximate surface area is 137 Å². The predicted molar refractivity (Wildman–Crippen MR) is 93.4 cm³/mol. The summed E-state index contributed by atoms with van der Waals surface area (Å²) in [5.74, 6) is 0. The molecule has 0 fully saturated rings. The maximum Gasteiger partial charge on any atom is 0.336 e. The molecule has 1 aromatic heterocycles. The van der Waals surface area contributed by atoms with Crippen LogP contribution in [0, 0.1) is 13.8 Å². The molecular formula is C18H16BrNO2. The number of hydrogen-bond acceptors (Lipinski definition) is 3. The Balaban J connectivity index is 2.00. The lowest BCUT2D eigenvalue weighted by molar-refractivity contribution is 0.556. The van der Waals surface area contributed by atoms with E-state index in [1.54, 1.807) is 6.07 Å². The van der Waals surface area contributed by atoms with E-state index >= 15 is 0 Å². The highest BCUT2D eigenvalue weighted by Crippen LogP contribution is 2.24. The fourth-order valence-electron chi connectivity index (χ4n) is 2.47. The minimum absolute atomic E-state index is 0.313. The van der Waals surface area contributed by atoms with Crippen molar-refractivity contribution in [3.8, 4) is 0 Å². The summed E-state index contributed by atoms with van der Waals surface area (Å²) >= 11 is 3.45. The van der Waals surface area contributed by atoms with Gasteiger partial charge >= 0.3 is 5.63 Å². The van der Waals surface area contributed by atoms with Crippen molar-refractivity contribution < 1.29 is 4.42 Å². The lowest BCUT2D eigenvalue weighted by atomic mass is 10.0. The summed E-state index contributed by atoms with van der Waals surface area (Å²) in [6.07, 6.45) is 0. The van der Waals surface area contributed by atoms with Crippen LogP contribution in [0.3, 0.4) is 0 Å². The van der Waals surface area contributed by atoms with Gasteiger partial charge in [-0.2, -0.15) is 0 Å².